The topological polar surface area (TPSA) is 54.5 Å². The van der Waals surface area contributed by atoms with Crippen LogP contribution >= 0.6 is 0 Å². The highest BCUT2D eigenvalue weighted by Crippen LogP contribution is 2.47. The molecule has 0 aliphatic carbocycles. The SMILES string of the molecule is CC(C)N1CC2(COC(C(=O)NCCc3cccnc3)C2)c2ccccc21. The predicted molar refractivity (Wildman–Crippen MR) is 106 cm³/mol. The van der Waals surface area contributed by atoms with E-state index in [0.717, 1.165) is 24.9 Å². The zero-order valence-electron chi connectivity index (χ0n) is 16.0. The van der Waals surface area contributed by atoms with Crippen molar-refractivity contribution in [3.8, 4) is 0 Å². The summed E-state index contributed by atoms with van der Waals surface area (Å²) in [4.78, 5) is 19.2. The number of carbonyl (C=O) groups excluding carboxylic acids is 1. The molecule has 1 saturated heterocycles. The number of benzene rings is 1. The number of hydrogen-bond acceptors (Lipinski definition) is 4. The second-order valence-corrected chi connectivity index (χ2v) is 7.93. The molecule has 2 aromatic rings. The number of nitrogens with one attached hydrogen (secondary N) is 1. The summed E-state index contributed by atoms with van der Waals surface area (Å²) in [5.41, 5.74) is 3.66. The van der Waals surface area contributed by atoms with Crippen LogP contribution in [0.4, 0.5) is 5.69 Å². The van der Waals surface area contributed by atoms with Crippen LogP contribution in [0.5, 0.6) is 0 Å². The van der Waals surface area contributed by atoms with Crippen molar-refractivity contribution in [2.24, 2.45) is 0 Å². The van der Waals surface area contributed by atoms with Gasteiger partial charge in [-0.3, -0.25) is 9.78 Å². The quantitative estimate of drug-likeness (QED) is 0.885. The van der Waals surface area contributed by atoms with Crippen molar-refractivity contribution in [3.05, 3.63) is 59.9 Å². The van der Waals surface area contributed by atoms with Gasteiger partial charge in [0.05, 0.1) is 6.61 Å². The molecule has 27 heavy (non-hydrogen) atoms. The first kappa shape index (κ1) is 18.0. The maximum absolute atomic E-state index is 12.6. The fraction of sp³-hybridized carbons (Fsp3) is 0.455. The zero-order chi connectivity index (χ0) is 18.9. The van der Waals surface area contributed by atoms with Crippen LogP contribution in [0.25, 0.3) is 0 Å². The van der Waals surface area contributed by atoms with E-state index in [1.807, 2.05) is 18.3 Å². The number of aromatic nitrogens is 1. The molecule has 1 fully saturated rings. The van der Waals surface area contributed by atoms with Crippen molar-refractivity contribution in [2.75, 3.05) is 24.6 Å². The van der Waals surface area contributed by atoms with E-state index in [9.17, 15) is 4.79 Å². The Kier molecular flexibility index (Phi) is 4.87. The van der Waals surface area contributed by atoms with Crippen LogP contribution < -0.4 is 10.2 Å². The molecule has 0 radical (unpaired) electrons. The fourth-order valence-corrected chi connectivity index (χ4v) is 4.32. The molecule has 0 bridgehead atoms. The van der Waals surface area contributed by atoms with Gasteiger partial charge in [-0.1, -0.05) is 24.3 Å². The lowest BCUT2D eigenvalue weighted by atomic mass is 9.80. The number of amides is 1. The molecule has 1 spiro atoms. The van der Waals surface area contributed by atoms with Gasteiger partial charge in [-0.15, -0.1) is 0 Å². The number of para-hydroxylation sites is 1. The monoisotopic (exact) mass is 365 g/mol. The number of ether oxygens (including phenoxy) is 1. The summed E-state index contributed by atoms with van der Waals surface area (Å²) in [5, 5.41) is 3.03. The van der Waals surface area contributed by atoms with E-state index >= 15 is 0 Å². The Morgan fingerprint density at radius 2 is 2.19 bits per heavy atom. The van der Waals surface area contributed by atoms with Gasteiger partial charge in [0.15, 0.2) is 0 Å². The summed E-state index contributed by atoms with van der Waals surface area (Å²) >= 11 is 0. The molecule has 1 aromatic carbocycles. The van der Waals surface area contributed by atoms with Crippen molar-refractivity contribution in [2.45, 2.75) is 44.2 Å². The lowest BCUT2D eigenvalue weighted by Crippen LogP contribution is -2.39. The van der Waals surface area contributed by atoms with Gasteiger partial charge in [-0.05, 0) is 49.9 Å². The van der Waals surface area contributed by atoms with Gasteiger partial charge in [-0.2, -0.15) is 0 Å². The molecular formula is C22H27N3O2. The molecule has 2 aliphatic rings. The average molecular weight is 365 g/mol. The van der Waals surface area contributed by atoms with Gasteiger partial charge in [-0.25, -0.2) is 0 Å². The number of anilines is 1. The average Bonchev–Trinajstić information content (AvgIpc) is 3.26. The summed E-state index contributed by atoms with van der Waals surface area (Å²) in [6.45, 7) is 6.56. The van der Waals surface area contributed by atoms with E-state index in [4.69, 9.17) is 4.74 Å². The molecule has 2 atom stereocenters. The smallest absolute Gasteiger partial charge is 0.249 e. The molecule has 142 valence electrons. The summed E-state index contributed by atoms with van der Waals surface area (Å²) < 4.78 is 5.99. The van der Waals surface area contributed by atoms with Gasteiger partial charge in [0.25, 0.3) is 0 Å². The number of carbonyl (C=O) groups is 1. The van der Waals surface area contributed by atoms with E-state index in [2.05, 4.69) is 53.3 Å². The maximum Gasteiger partial charge on any atom is 0.249 e. The van der Waals surface area contributed by atoms with Crippen molar-refractivity contribution in [1.29, 1.82) is 0 Å². The molecular weight excluding hydrogens is 338 g/mol. The van der Waals surface area contributed by atoms with Gasteiger partial charge >= 0.3 is 0 Å². The van der Waals surface area contributed by atoms with E-state index in [-0.39, 0.29) is 17.4 Å². The molecule has 3 heterocycles. The van der Waals surface area contributed by atoms with E-state index in [1.54, 1.807) is 6.20 Å². The fourth-order valence-electron chi connectivity index (χ4n) is 4.32. The van der Waals surface area contributed by atoms with Crippen molar-refractivity contribution >= 4 is 11.6 Å². The lowest BCUT2D eigenvalue weighted by molar-refractivity contribution is -0.129. The van der Waals surface area contributed by atoms with Crippen LogP contribution in [0.3, 0.4) is 0 Å². The van der Waals surface area contributed by atoms with Gasteiger partial charge < -0.3 is 15.0 Å². The minimum absolute atomic E-state index is 0.00348. The lowest BCUT2D eigenvalue weighted by Gasteiger charge is -2.27. The van der Waals surface area contributed by atoms with Gasteiger partial charge in [0.1, 0.15) is 6.10 Å². The first-order valence-electron chi connectivity index (χ1n) is 9.73. The second-order valence-electron chi connectivity index (χ2n) is 7.93. The molecule has 5 nitrogen and oxygen atoms in total. The Morgan fingerprint density at radius 1 is 1.33 bits per heavy atom. The molecule has 1 N–H and O–H groups in total. The second kappa shape index (κ2) is 7.31. The molecule has 2 unspecified atom stereocenters. The largest absolute Gasteiger partial charge is 0.368 e. The summed E-state index contributed by atoms with van der Waals surface area (Å²) in [6, 6.07) is 12.9. The number of pyridine rings is 1. The van der Waals surface area contributed by atoms with Crippen LogP contribution in [0.1, 0.15) is 31.4 Å². The molecule has 0 saturated carbocycles. The Hall–Kier alpha value is -2.40. The molecule has 1 amide bonds. The predicted octanol–water partition coefficient (Wildman–Crippen LogP) is 2.70. The van der Waals surface area contributed by atoms with Crippen LogP contribution in [0, 0.1) is 0 Å². The van der Waals surface area contributed by atoms with Gasteiger partial charge in [0.2, 0.25) is 5.91 Å². The summed E-state index contributed by atoms with van der Waals surface area (Å²) in [5.74, 6) is -0.00348. The van der Waals surface area contributed by atoms with Crippen molar-refractivity contribution < 1.29 is 9.53 Å². The first-order valence-corrected chi connectivity index (χ1v) is 9.73. The third-order valence-electron chi connectivity index (χ3n) is 5.75. The standard InChI is InChI=1S/C22H27N3O2/c1-16(2)25-14-22(18-7-3-4-8-19(18)25)12-20(27-15-22)21(26)24-11-9-17-6-5-10-23-13-17/h3-8,10,13,16,20H,9,11-12,14-15H2,1-2H3,(H,24,26). The number of nitrogens with zero attached hydrogens (tertiary/aromatic N) is 2. The summed E-state index contributed by atoms with van der Waals surface area (Å²) in [6.07, 6.45) is 4.74. The highest BCUT2D eigenvalue weighted by molar-refractivity contribution is 5.81. The van der Waals surface area contributed by atoms with E-state index < -0.39 is 0 Å². The minimum atomic E-state index is -0.376. The first-order chi connectivity index (χ1) is 13.1. The Bertz CT molecular complexity index is 808. The third-order valence-corrected chi connectivity index (χ3v) is 5.75. The Balaban J connectivity index is 1.40. The van der Waals surface area contributed by atoms with Crippen LogP contribution in [-0.4, -0.2) is 42.7 Å². The van der Waals surface area contributed by atoms with Gasteiger partial charge in [0, 0.05) is 42.6 Å². The number of fused-ring (bicyclic) bond motifs is 2. The van der Waals surface area contributed by atoms with Crippen LogP contribution in [0.15, 0.2) is 48.8 Å². The normalized spacial score (nSPS) is 23.8. The Labute approximate surface area is 160 Å². The molecule has 5 heteroatoms. The van der Waals surface area contributed by atoms with E-state index in [1.165, 1.54) is 11.3 Å². The molecule has 2 aliphatic heterocycles. The number of hydrogen-bond donors (Lipinski definition) is 1. The Morgan fingerprint density at radius 3 is 2.96 bits per heavy atom. The van der Waals surface area contributed by atoms with Crippen molar-refractivity contribution in [3.63, 3.8) is 0 Å². The third kappa shape index (κ3) is 3.44. The minimum Gasteiger partial charge on any atom is -0.368 e. The zero-order valence-corrected chi connectivity index (χ0v) is 16.0. The van der Waals surface area contributed by atoms with Crippen LogP contribution in [0.2, 0.25) is 0 Å². The molecule has 4 rings (SSSR count). The number of rotatable bonds is 5. The highest BCUT2D eigenvalue weighted by Gasteiger charge is 2.50. The highest BCUT2D eigenvalue weighted by atomic mass is 16.5. The van der Waals surface area contributed by atoms with Crippen molar-refractivity contribution in [1.82, 2.24) is 10.3 Å². The maximum atomic E-state index is 12.6. The summed E-state index contributed by atoms with van der Waals surface area (Å²) in [7, 11) is 0. The molecule has 1 aromatic heterocycles. The van der Waals surface area contributed by atoms with E-state index in [0.29, 0.717) is 19.2 Å². The van der Waals surface area contributed by atoms with Crippen LogP contribution in [-0.2, 0) is 21.4 Å².